The van der Waals surface area contributed by atoms with E-state index in [1.807, 2.05) is 0 Å². The molecule has 3 nitrogen and oxygen atoms in total. The first-order chi connectivity index (χ1) is 6.29. The highest BCUT2D eigenvalue weighted by Gasteiger charge is 2.35. The number of methoxy groups -OCH3 is 1. The van der Waals surface area contributed by atoms with E-state index in [1.54, 1.807) is 0 Å². The molecule has 1 aliphatic rings. The molecule has 3 heteroatoms. The average Bonchev–Trinajstić information content (AvgIpc) is 2.20. The number of hydrogen-bond donors (Lipinski definition) is 0. The molecule has 0 N–H and O–H groups in total. The van der Waals surface area contributed by atoms with E-state index in [0.29, 0.717) is 0 Å². The highest BCUT2D eigenvalue weighted by atomic mass is 16.5. The summed E-state index contributed by atoms with van der Waals surface area (Å²) in [6, 6.07) is -0.551. The number of rotatable bonds is 2. The maximum atomic E-state index is 11.2. The average molecular weight is 181 g/mol. The molecule has 1 rings (SSSR count). The molecular formula is C10H15NO2. The van der Waals surface area contributed by atoms with Crippen molar-refractivity contribution < 1.29 is 9.53 Å². The summed E-state index contributed by atoms with van der Waals surface area (Å²) >= 11 is 0. The Morgan fingerprint density at radius 1 is 1.46 bits per heavy atom. The number of hydrogen-bond acceptors (Lipinski definition) is 2. The lowest BCUT2D eigenvalue weighted by atomic mass is 9.84. The highest BCUT2D eigenvalue weighted by molar-refractivity contribution is 5.77. The van der Waals surface area contributed by atoms with E-state index in [1.165, 1.54) is 13.5 Å². The number of esters is 1. The molecule has 0 radical (unpaired) electrons. The number of carbonyl (C=O) groups is 1. The van der Waals surface area contributed by atoms with Crippen molar-refractivity contribution in [3.8, 4) is 0 Å². The zero-order chi connectivity index (χ0) is 9.68. The second-order valence-corrected chi connectivity index (χ2v) is 3.50. The van der Waals surface area contributed by atoms with Crippen LogP contribution in [-0.2, 0) is 9.53 Å². The van der Waals surface area contributed by atoms with Crippen LogP contribution < -0.4 is 0 Å². The highest BCUT2D eigenvalue weighted by Crippen LogP contribution is 2.28. The van der Waals surface area contributed by atoms with Gasteiger partial charge in [0.15, 0.2) is 0 Å². The van der Waals surface area contributed by atoms with Gasteiger partial charge in [-0.1, -0.05) is 19.3 Å². The third-order valence-corrected chi connectivity index (χ3v) is 2.68. The Bertz CT molecular complexity index is 213. The van der Waals surface area contributed by atoms with Crippen LogP contribution in [0.4, 0.5) is 0 Å². The molecule has 0 amide bonds. The van der Waals surface area contributed by atoms with Gasteiger partial charge >= 0.3 is 12.0 Å². The molecular weight excluding hydrogens is 166 g/mol. The van der Waals surface area contributed by atoms with Gasteiger partial charge in [-0.15, -0.1) is 0 Å². The quantitative estimate of drug-likeness (QED) is 0.482. The summed E-state index contributed by atoms with van der Waals surface area (Å²) in [5.41, 5.74) is 0. The van der Waals surface area contributed by atoms with Crippen molar-refractivity contribution >= 4 is 5.97 Å². The third-order valence-electron chi connectivity index (χ3n) is 2.68. The Balaban J connectivity index is 2.55. The maximum absolute atomic E-state index is 11.2. The van der Waals surface area contributed by atoms with Crippen LogP contribution >= 0.6 is 0 Å². The first-order valence-corrected chi connectivity index (χ1v) is 4.74. The van der Waals surface area contributed by atoms with Gasteiger partial charge in [-0.2, -0.15) is 0 Å². The summed E-state index contributed by atoms with van der Waals surface area (Å²) in [5.74, 6) is -0.124. The second-order valence-electron chi connectivity index (χ2n) is 3.50. The SMILES string of the molecule is [C-]#[N+]C(C(=O)OC)C1CCCCC1. The van der Waals surface area contributed by atoms with E-state index in [4.69, 9.17) is 6.57 Å². The number of carbonyl (C=O) groups excluding carboxylic acids is 1. The molecule has 0 bridgehead atoms. The molecule has 0 aromatic heterocycles. The monoisotopic (exact) mass is 181 g/mol. The molecule has 72 valence electrons. The molecule has 1 atom stereocenters. The van der Waals surface area contributed by atoms with Crippen LogP contribution in [0.5, 0.6) is 0 Å². The number of nitrogens with zero attached hydrogens (tertiary/aromatic N) is 1. The van der Waals surface area contributed by atoms with Gasteiger partial charge in [-0.05, 0) is 12.8 Å². The van der Waals surface area contributed by atoms with Gasteiger partial charge in [0.25, 0.3) is 0 Å². The normalized spacial score (nSPS) is 20.3. The Morgan fingerprint density at radius 3 is 2.54 bits per heavy atom. The van der Waals surface area contributed by atoms with Gasteiger partial charge in [0.05, 0.1) is 7.11 Å². The van der Waals surface area contributed by atoms with Crippen LogP contribution in [0.2, 0.25) is 0 Å². The fourth-order valence-electron chi connectivity index (χ4n) is 1.92. The third kappa shape index (κ3) is 2.45. The summed E-state index contributed by atoms with van der Waals surface area (Å²) in [5, 5.41) is 0. The minimum Gasteiger partial charge on any atom is -0.463 e. The summed E-state index contributed by atoms with van der Waals surface area (Å²) < 4.78 is 4.60. The summed E-state index contributed by atoms with van der Waals surface area (Å²) in [4.78, 5) is 14.6. The standard InChI is InChI=1S/C10H15NO2/c1-11-9(10(12)13-2)8-6-4-3-5-7-8/h8-9H,3-7H2,2H3. The van der Waals surface area contributed by atoms with Crippen molar-refractivity contribution in [3.05, 3.63) is 11.4 Å². The van der Waals surface area contributed by atoms with Crippen LogP contribution in [0.15, 0.2) is 0 Å². The minimum absolute atomic E-state index is 0.235. The second kappa shape index (κ2) is 4.86. The minimum atomic E-state index is -0.551. The molecule has 0 aromatic rings. The lowest BCUT2D eigenvalue weighted by Crippen LogP contribution is -2.29. The predicted molar refractivity (Wildman–Crippen MR) is 49.0 cm³/mol. The van der Waals surface area contributed by atoms with E-state index in [-0.39, 0.29) is 11.9 Å². The Morgan fingerprint density at radius 2 is 2.08 bits per heavy atom. The van der Waals surface area contributed by atoms with Crippen LogP contribution in [0.3, 0.4) is 0 Å². The van der Waals surface area contributed by atoms with Crippen molar-refractivity contribution in [3.63, 3.8) is 0 Å². The molecule has 0 aromatic carbocycles. The zero-order valence-electron chi connectivity index (χ0n) is 7.95. The van der Waals surface area contributed by atoms with Gasteiger partial charge in [0, 0.05) is 5.92 Å². The van der Waals surface area contributed by atoms with Crippen molar-refractivity contribution in [1.82, 2.24) is 0 Å². The van der Waals surface area contributed by atoms with Gasteiger partial charge in [-0.25, -0.2) is 11.4 Å². The van der Waals surface area contributed by atoms with Crippen molar-refractivity contribution in [2.75, 3.05) is 7.11 Å². The molecule has 13 heavy (non-hydrogen) atoms. The van der Waals surface area contributed by atoms with E-state index in [2.05, 4.69) is 9.58 Å². The Labute approximate surface area is 78.9 Å². The van der Waals surface area contributed by atoms with Gasteiger partial charge in [0.1, 0.15) is 0 Å². The number of ether oxygens (including phenoxy) is 1. The lowest BCUT2D eigenvalue weighted by molar-refractivity contribution is -0.142. The van der Waals surface area contributed by atoms with Gasteiger partial charge in [-0.3, -0.25) is 0 Å². The fourth-order valence-corrected chi connectivity index (χ4v) is 1.92. The first-order valence-electron chi connectivity index (χ1n) is 4.74. The summed E-state index contributed by atoms with van der Waals surface area (Å²) in [6.07, 6.45) is 5.54. The predicted octanol–water partition coefficient (Wildman–Crippen LogP) is 2.03. The largest absolute Gasteiger partial charge is 0.463 e. The van der Waals surface area contributed by atoms with Crippen LogP contribution in [-0.4, -0.2) is 19.1 Å². The maximum Gasteiger partial charge on any atom is 0.390 e. The Hall–Kier alpha value is -1.04. The molecule has 1 aliphatic carbocycles. The topological polar surface area (TPSA) is 30.7 Å². The van der Waals surface area contributed by atoms with Gasteiger partial charge in [0.2, 0.25) is 0 Å². The van der Waals surface area contributed by atoms with Crippen LogP contribution in [0.25, 0.3) is 4.85 Å². The van der Waals surface area contributed by atoms with Crippen LogP contribution in [0, 0.1) is 12.5 Å². The van der Waals surface area contributed by atoms with E-state index < -0.39 is 6.04 Å². The van der Waals surface area contributed by atoms with Crippen LogP contribution in [0.1, 0.15) is 32.1 Å². The molecule has 0 saturated heterocycles. The zero-order valence-corrected chi connectivity index (χ0v) is 7.95. The van der Waals surface area contributed by atoms with E-state index in [0.717, 1.165) is 25.7 Å². The fraction of sp³-hybridized carbons (Fsp3) is 0.800. The summed E-state index contributed by atoms with van der Waals surface area (Å²) in [6.45, 7) is 6.95. The van der Waals surface area contributed by atoms with E-state index in [9.17, 15) is 4.79 Å². The smallest absolute Gasteiger partial charge is 0.390 e. The first kappa shape index (κ1) is 10.0. The molecule has 0 heterocycles. The lowest BCUT2D eigenvalue weighted by Gasteiger charge is -2.20. The molecule has 0 spiro atoms. The summed E-state index contributed by atoms with van der Waals surface area (Å²) in [7, 11) is 1.35. The Kier molecular flexibility index (Phi) is 3.75. The molecule has 1 fully saturated rings. The molecule has 0 aliphatic heterocycles. The van der Waals surface area contributed by atoms with Gasteiger partial charge < -0.3 is 9.58 Å². The van der Waals surface area contributed by atoms with Crippen molar-refractivity contribution in [2.45, 2.75) is 38.1 Å². The molecule has 1 saturated carbocycles. The van der Waals surface area contributed by atoms with Crippen molar-refractivity contribution in [2.24, 2.45) is 5.92 Å². The van der Waals surface area contributed by atoms with Crippen molar-refractivity contribution in [1.29, 1.82) is 0 Å². The van der Waals surface area contributed by atoms with E-state index >= 15 is 0 Å². The molecule has 1 unspecified atom stereocenters.